The molecule has 4 heterocycles. The molecule has 3 aliphatic rings. The molecule has 3 aromatic rings. The van der Waals surface area contributed by atoms with Crippen molar-refractivity contribution in [3.8, 4) is 17.3 Å². The van der Waals surface area contributed by atoms with E-state index in [0.717, 1.165) is 37.3 Å². The Hall–Kier alpha value is -1.78. The lowest BCUT2D eigenvalue weighted by atomic mass is 9.83. The SMILES string of the molecule is CC(=O)SC1CCC(c2ccc(-c3nc4c(cc3Cl)nc(O[C@@H]3CO[C@H]5[C@@H]3OC[C@H]5O[Si](C)(C)C(C)(C)C)n4COCC[Si](C)(C)C)cc2)CC1. The lowest BCUT2D eigenvalue weighted by molar-refractivity contribution is -0.109. The van der Waals surface area contributed by atoms with E-state index in [1.54, 1.807) is 6.92 Å². The fourth-order valence-electron chi connectivity index (χ4n) is 6.93. The van der Waals surface area contributed by atoms with Gasteiger partial charge < -0.3 is 23.4 Å². The Kier molecular flexibility index (Phi) is 11.9. The summed E-state index contributed by atoms with van der Waals surface area (Å²) in [5, 5.41) is 1.28. The van der Waals surface area contributed by atoms with Crippen molar-refractivity contribution in [3.63, 3.8) is 0 Å². The maximum absolute atomic E-state index is 11.6. The number of carbonyl (C=O) groups is 1. The monoisotopic (exact) mass is 773 g/mol. The Balaban J connectivity index is 1.22. The highest BCUT2D eigenvalue weighted by atomic mass is 35.5. The van der Waals surface area contributed by atoms with Gasteiger partial charge in [-0.2, -0.15) is 4.98 Å². The van der Waals surface area contributed by atoms with Crippen molar-refractivity contribution in [1.29, 1.82) is 0 Å². The van der Waals surface area contributed by atoms with E-state index in [-0.39, 0.29) is 41.3 Å². The predicted molar refractivity (Wildman–Crippen MR) is 211 cm³/mol. The van der Waals surface area contributed by atoms with E-state index < -0.39 is 16.4 Å². The minimum atomic E-state index is -2.01. The van der Waals surface area contributed by atoms with Crippen LogP contribution in [0.15, 0.2) is 30.3 Å². The van der Waals surface area contributed by atoms with Gasteiger partial charge in [-0.3, -0.25) is 9.36 Å². The molecule has 0 unspecified atom stereocenters. The van der Waals surface area contributed by atoms with Gasteiger partial charge in [-0.1, -0.05) is 88.0 Å². The first-order chi connectivity index (χ1) is 24.0. The predicted octanol–water partition coefficient (Wildman–Crippen LogP) is 9.31. The molecule has 3 fully saturated rings. The molecule has 2 aromatic heterocycles. The Morgan fingerprint density at radius 2 is 1.63 bits per heavy atom. The molecule has 0 spiro atoms. The van der Waals surface area contributed by atoms with Gasteiger partial charge in [0.25, 0.3) is 0 Å². The quantitative estimate of drug-likeness (QED) is 0.132. The second kappa shape index (κ2) is 15.5. The van der Waals surface area contributed by atoms with E-state index in [1.807, 2.05) is 10.6 Å². The van der Waals surface area contributed by atoms with Crippen molar-refractivity contribution in [1.82, 2.24) is 14.5 Å². The van der Waals surface area contributed by atoms with Crippen LogP contribution in [0.1, 0.15) is 64.9 Å². The minimum Gasteiger partial charge on any atom is -0.456 e. The van der Waals surface area contributed by atoms with Crippen LogP contribution in [0, 0.1) is 0 Å². The Bertz CT molecular complexity index is 1680. The van der Waals surface area contributed by atoms with Gasteiger partial charge in [0.15, 0.2) is 25.2 Å². The van der Waals surface area contributed by atoms with Gasteiger partial charge in [0, 0.05) is 32.4 Å². The van der Waals surface area contributed by atoms with Crippen LogP contribution in [0.5, 0.6) is 6.01 Å². The van der Waals surface area contributed by atoms with Crippen molar-refractivity contribution in [3.05, 3.63) is 40.9 Å². The van der Waals surface area contributed by atoms with Gasteiger partial charge in [-0.25, -0.2) is 4.98 Å². The van der Waals surface area contributed by atoms with E-state index in [9.17, 15) is 4.79 Å². The minimum absolute atomic E-state index is 0.0888. The van der Waals surface area contributed by atoms with Crippen LogP contribution in [0.3, 0.4) is 0 Å². The van der Waals surface area contributed by atoms with Crippen LogP contribution in [0.4, 0.5) is 0 Å². The summed E-state index contributed by atoms with van der Waals surface area (Å²) < 4.78 is 34.1. The second-order valence-corrected chi connectivity index (χ2v) is 29.5. The lowest BCUT2D eigenvalue weighted by Crippen LogP contribution is -2.47. The second-order valence-electron chi connectivity index (χ2n) is 17.2. The molecule has 13 heteroatoms. The van der Waals surface area contributed by atoms with Crippen molar-refractivity contribution < 1.29 is 28.2 Å². The van der Waals surface area contributed by atoms with E-state index in [4.69, 9.17) is 44.9 Å². The van der Waals surface area contributed by atoms with E-state index in [2.05, 4.69) is 77.8 Å². The zero-order chi connectivity index (χ0) is 36.7. The molecule has 4 atom stereocenters. The van der Waals surface area contributed by atoms with Crippen LogP contribution in [-0.2, 0) is 30.2 Å². The third-order valence-corrected chi connectivity index (χ3v) is 18.6. The highest BCUT2D eigenvalue weighted by molar-refractivity contribution is 8.14. The van der Waals surface area contributed by atoms with Crippen molar-refractivity contribution >= 4 is 56.0 Å². The van der Waals surface area contributed by atoms with E-state index in [0.29, 0.717) is 58.9 Å². The smallest absolute Gasteiger partial charge is 0.301 e. The Morgan fingerprint density at radius 3 is 2.25 bits per heavy atom. The van der Waals surface area contributed by atoms with Crippen LogP contribution in [-0.4, -0.2) is 85.5 Å². The lowest BCUT2D eigenvalue weighted by Gasteiger charge is -2.39. The number of imidazole rings is 1. The first-order valence-electron chi connectivity index (χ1n) is 18.5. The highest BCUT2D eigenvalue weighted by Crippen LogP contribution is 2.42. The number of halogens is 1. The molecule has 1 saturated carbocycles. The molecule has 0 N–H and O–H groups in total. The largest absolute Gasteiger partial charge is 0.456 e. The molecule has 2 saturated heterocycles. The van der Waals surface area contributed by atoms with Gasteiger partial charge in [0.1, 0.15) is 24.5 Å². The zero-order valence-electron chi connectivity index (χ0n) is 31.8. The summed E-state index contributed by atoms with van der Waals surface area (Å²) in [7, 11) is -3.30. The number of fused-ring (bicyclic) bond motifs is 2. The molecular weight excluding hydrogens is 718 g/mol. The normalized spacial score (nSPS) is 25.8. The molecule has 51 heavy (non-hydrogen) atoms. The summed E-state index contributed by atoms with van der Waals surface area (Å²) in [6.45, 7) is 21.7. The molecule has 280 valence electrons. The standard InChI is InChI=1S/C38H56ClN3O6SSi2/c1-24(43)49-28-16-14-26(15-17-28)25-10-12-27(13-11-25)33-29(39)20-30-36(41-33)42(23-44-18-19-50(5,6)7)37(40-30)47-31-21-45-35-32(22-46-34(31)35)48-51(8,9)38(2,3)4/h10-13,20,26,28,31-32,34-35H,14-19,21-23H2,1-9H3/t26?,28?,31-,32-,34-,35-/m1/s1. The third-order valence-electron chi connectivity index (χ3n) is 11.0. The first-order valence-corrected chi connectivity index (χ1v) is 26.4. The fourth-order valence-corrected chi connectivity index (χ4v) is 10.2. The first kappa shape index (κ1) is 38.9. The van der Waals surface area contributed by atoms with Gasteiger partial charge in [0.2, 0.25) is 0 Å². The molecule has 1 aromatic carbocycles. The number of hydrogen-bond acceptors (Lipinski definition) is 9. The summed E-state index contributed by atoms with van der Waals surface area (Å²) in [6.07, 6.45) is 3.42. The van der Waals surface area contributed by atoms with Crippen LogP contribution in [0.2, 0.25) is 48.8 Å². The molecule has 1 aliphatic carbocycles. The fraction of sp³-hybridized carbons (Fsp3) is 0.658. The molecular formula is C38H56ClN3O6SSi2. The van der Waals surface area contributed by atoms with Crippen molar-refractivity contribution in [2.24, 2.45) is 0 Å². The summed E-state index contributed by atoms with van der Waals surface area (Å²) in [5.41, 5.74) is 4.26. The number of nitrogens with zero attached hydrogens (tertiary/aromatic N) is 3. The summed E-state index contributed by atoms with van der Waals surface area (Å²) in [4.78, 5) is 21.6. The summed E-state index contributed by atoms with van der Waals surface area (Å²) in [5.74, 6) is 0.500. The number of hydrogen-bond donors (Lipinski definition) is 0. The molecule has 9 nitrogen and oxygen atoms in total. The molecule has 0 bridgehead atoms. The molecule has 0 radical (unpaired) electrons. The van der Waals surface area contributed by atoms with Gasteiger partial charge in [-0.15, -0.1) is 0 Å². The average Bonchev–Trinajstić information content (AvgIpc) is 3.72. The van der Waals surface area contributed by atoms with Gasteiger partial charge in [0.05, 0.1) is 30.0 Å². The number of benzene rings is 1. The van der Waals surface area contributed by atoms with Gasteiger partial charge in [-0.05, 0) is 67.4 Å². The van der Waals surface area contributed by atoms with Crippen molar-refractivity contribution in [2.45, 2.75) is 140 Å². The average molecular weight is 775 g/mol. The van der Waals surface area contributed by atoms with Crippen molar-refractivity contribution in [2.75, 3.05) is 19.8 Å². The topological polar surface area (TPSA) is 93.9 Å². The number of rotatable bonds is 12. The number of aromatic nitrogens is 3. The molecule has 6 rings (SSSR count). The summed E-state index contributed by atoms with van der Waals surface area (Å²) in [6, 6.07) is 12.0. The number of pyridine rings is 1. The number of ether oxygens (including phenoxy) is 4. The van der Waals surface area contributed by atoms with E-state index in [1.165, 1.54) is 17.3 Å². The Labute approximate surface area is 315 Å². The Morgan fingerprint density at radius 1 is 0.980 bits per heavy atom. The number of thioether (sulfide) groups is 1. The van der Waals surface area contributed by atoms with Gasteiger partial charge >= 0.3 is 6.01 Å². The maximum atomic E-state index is 11.6. The molecule has 0 amide bonds. The summed E-state index contributed by atoms with van der Waals surface area (Å²) >= 11 is 8.40. The van der Waals surface area contributed by atoms with E-state index >= 15 is 0 Å². The maximum Gasteiger partial charge on any atom is 0.301 e. The van der Waals surface area contributed by atoms with Crippen LogP contribution < -0.4 is 4.74 Å². The molecule has 2 aliphatic heterocycles. The third kappa shape index (κ3) is 9.13. The van der Waals surface area contributed by atoms with Crippen LogP contribution in [0.25, 0.3) is 22.4 Å². The van der Waals surface area contributed by atoms with Crippen LogP contribution >= 0.6 is 23.4 Å². The highest BCUT2D eigenvalue weighted by Gasteiger charge is 2.52. The zero-order valence-corrected chi connectivity index (χ0v) is 35.4. The number of carbonyl (C=O) groups excluding carboxylic acids is 1.